The average molecular weight is 335 g/mol. The van der Waals surface area contributed by atoms with Crippen molar-refractivity contribution in [3.8, 4) is 0 Å². The number of thioether (sulfide) groups is 1. The molecule has 126 valence electrons. The molecule has 0 radical (unpaired) electrons. The Balaban J connectivity index is 1.71. The Morgan fingerprint density at radius 1 is 1.26 bits per heavy atom. The van der Waals surface area contributed by atoms with Crippen LogP contribution in [0.1, 0.15) is 39.5 Å². The molecule has 5 heteroatoms. The minimum Gasteiger partial charge on any atom is -0.455 e. The Morgan fingerprint density at radius 2 is 1.96 bits per heavy atom. The Morgan fingerprint density at radius 3 is 2.65 bits per heavy atom. The largest absolute Gasteiger partial charge is 0.455 e. The minimum atomic E-state index is -0.356. The fourth-order valence-electron chi connectivity index (χ4n) is 2.78. The molecule has 0 unspecified atom stereocenters. The van der Waals surface area contributed by atoms with Crippen molar-refractivity contribution in [2.75, 3.05) is 6.61 Å². The number of ether oxygens (including phenoxy) is 1. The second kappa shape index (κ2) is 8.96. The zero-order chi connectivity index (χ0) is 16.7. The summed E-state index contributed by atoms with van der Waals surface area (Å²) in [7, 11) is 0. The van der Waals surface area contributed by atoms with Gasteiger partial charge in [-0.25, -0.2) is 0 Å². The third-order valence-corrected chi connectivity index (χ3v) is 5.28. The minimum absolute atomic E-state index is 0.193. The standard InChI is InChI=1S/C18H25NO3S/c1-13-8-6-7-11-16(13)19-17(20)12-22-18(21)14(2)23-15-9-4-3-5-10-15/h3-5,9-10,13-14,16H,6-8,11-12H2,1-2H3,(H,19,20)/t13-,14-,16+/m1/s1. The molecule has 4 nitrogen and oxygen atoms in total. The van der Waals surface area contributed by atoms with Gasteiger partial charge < -0.3 is 10.1 Å². The van der Waals surface area contributed by atoms with E-state index in [-0.39, 0.29) is 29.8 Å². The molecule has 23 heavy (non-hydrogen) atoms. The number of benzene rings is 1. The Bertz CT molecular complexity index is 520. The molecule has 1 saturated carbocycles. The highest BCUT2D eigenvalue weighted by molar-refractivity contribution is 8.00. The molecular formula is C18H25NO3S. The summed E-state index contributed by atoms with van der Waals surface area (Å²) in [4.78, 5) is 24.9. The molecule has 1 amide bonds. The zero-order valence-electron chi connectivity index (χ0n) is 13.8. The molecule has 1 aromatic rings. The fourth-order valence-corrected chi connectivity index (χ4v) is 3.67. The highest BCUT2D eigenvalue weighted by Crippen LogP contribution is 2.24. The first-order valence-electron chi connectivity index (χ1n) is 8.24. The first-order valence-corrected chi connectivity index (χ1v) is 9.12. The van der Waals surface area contributed by atoms with Gasteiger partial charge in [-0.1, -0.05) is 38.0 Å². The lowest BCUT2D eigenvalue weighted by Crippen LogP contribution is -2.43. The van der Waals surface area contributed by atoms with Crippen LogP contribution in [0.25, 0.3) is 0 Å². The van der Waals surface area contributed by atoms with Gasteiger partial charge in [-0.05, 0) is 37.8 Å². The maximum atomic E-state index is 12.0. The lowest BCUT2D eigenvalue weighted by atomic mass is 9.86. The predicted molar refractivity (Wildman–Crippen MR) is 92.3 cm³/mol. The summed E-state index contributed by atoms with van der Waals surface area (Å²) in [5.74, 6) is -0.0596. The number of carbonyl (C=O) groups excluding carboxylic acids is 2. The van der Waals surface area contributed by atoms with E-state index in [4.69, 9.17) is 4.74 Å². The molecule has 0 aromatic heterocycles. The van der Waals surface area contributed by atoms with E-state index in [1.165, 1.54) is 18.2 Å². The van der Waals surface area contributed by atoms with E-state index in [9.17, 15) is 9.59 Å². The van der Waals surface area contributed by atoms with Crippen LogP contribution in [0.5, 0.6) is 0 Å². The van der Waals surface area contributed by atoms with Crippen molar-refractivity contribution < 1.29 is 14.3 Å². The Kier molecular flexibility index (Phi) is 6.96. The van der Waals surface area contributed by atoms with Gasteiger partial charge in [0.2, 0.25) is 0 Å². The zero-order valence-corrected chi connectivity index (χ0v) is 14.6. The first kappa shape index (κ1) is 17.9. The monoisotopic (exact) mass is 335 g/mol. The summed E-state index contributed by atoms with van der Waals surface area (Å²) < 4.78 is 5.14. The van der Waals surface area contributed by atoms with Gasteiger partial charge in [-0.3, -0.25) is 9.59 Å². The molecule has 1 fully saturated rings. The summed E-state index contributed by atoms with van der Waals surface area (Å²) in [6.07, 6.45) is 4.55. The third kappa shape index (κ3) is 5.90. The smallest absolute Gasteiger partial charge is 0.319 e. The number of carbonyl (C=O) groups is 2. The van der Waals surface area contributed by atoms with Gasteiger partial charge in [0, 0.05) is 10.9 Å². The molecule has 0 spiro atoms. The van der Waals surface area contributed by atoms with E-state index in [1.54, 1.807) is 6.92 Å². The normalized spacial score (nSPS) is 22.2. The molecule has 3 atom stereocenters. The van der Waals surface area contributed by atoms with Gasteiger partial charge in [0.05, 0.1) is 0 Å². The van der Waals surface area contributed by atoms with Gasteiger partial charge in [-0.15, -0.1) is 11.8 Å². The lowest BCUT2D eigenvalue weighted by molar-refractivity contribution is -0.148. The van der Waals surface area contributed by atoms with Gasteiger partial charge in [0.1, 0.15) is 5.25 Å². The molecule has 1 aliphatic rings. The van der Waals surface area contributed by atoms with Crippen LogP contribution in [0.2, 0.25) is 0 Å². The number of rotatable bonds is 6. The van der Waals surface area contributed by atoms with Crippen molar-refractivity contribution in [3.05, 3.63) is 30.3 Å². The molecule has 0 bridgehead atoms. The number of hydrogen-bond acceptors (Lipinski definition) is 4. The Hall–Kier alpha value is -1.49. The topological polar surface area (TPSA) is 55.4 Å². The summed E-state index contributed by atoms with van der Waals surface area (Å²) in [5, 5.41) is 2.66. The molecule has 0 aliphatic heterocycles. The molecule has 0 saturated heterocycles. The van der Waals surface area contributed by atoms with Gasteiger partial charge in [0.25, 0.3) is 5.91 Å². The second-order valence-electron chi connectivity index (χ2n) is 6.12. The van der Waals surface area contributed by atoms with Crippen LogP contribution in [-0.4, -0.2) is 29.8 Å². The van der Waals surface area contributed by atoms with E-state index >= 15 is 0 Å². The molecular weight excluding hydrogens is 310 g/mol. The molecule has 2 rings (SSSR count). The van der Waals surface area contributed by atoms with Crippen LogP contribution in [0.15, 0.2) is 35.2 Å². The second-order valence-corrected chi connectivity index (χ2v) is 7.53. The maximum absolute atomic E-state index is 12.0. The van der Waals surface area contributed by atoms with E-state index in [0.29, 0.717) is 5.92 Å². The van der Waals surface area contributed by atoms with Crippen molar-refractivity contribution in [2.45, 2.75) is 55.7 Å². The van der Waals surface area contributed by atoms with Gasteiger partial charge >= 0.3 is 5.97 Å². The van der Waals surface area contributed by atoms with Crippen molar-refractivity contribution in [1.82, 2.24) is 5.32 Å². The fraction of sp³-hybridized carbons (Fsp3) is 0.556. The van der Waals surface area contributed by atoms with Crippen molar-refractivity contribution >= 4 is 23.6 Å². The number of amides is 1. The lowest BCUT2D eigenvalue weighted by Gasteiger charge is -2.29. The Labute approximate surface area is 142 Å². The highest BCUT2D eigenvalue weighted by Gasteiger charge is 2.23. The summed E-state index contributed by atoms with van der Waals surface area (Å²) in [5.41, 5.74) is 0. The van der Waals surface area contributed by atoms with Crippen LogP contribution >= 0.6 is 11.8 Å². The molecule has 1 N–H and O–H groups in total. The van der Waals surface area contributed by atoms with Crippen molar-refractivity contribution in [3.63, 3.8) is 0 Å². The number of esters is 1. The number of hydrogen-bond donors (Lipinski definition) is 1. The summed E-state index contributed by atoms with van der Waals surface area (Å²) in [6.45, 7) is 3.76. The number of nitrogens with one attached hydrogen (secondary N) is 1. The van der Waals surface area contributed by atoms with E-state index in [2.05, 4.69) is 12.2 Å². The van der Waals surface area contributed by atoms with Gasteiger partial charge in [0.15, 0.2) is 6.61 Å². The van der Waals surface area contributed by atoms with Crippen LogP contribution in [-0.2, 0) is 14.3 Å². The molecule has 0 heterocycles. The van der Waals surface area contributed by atoms with Crippen LogP contribution in [0, 0.1) is 5.92 Å². The van der Waals surface area contributed by atoms with E-state index in [0.717, 1.165) is 24.2 Å². The summed E-state index contributed by atoms with van der Waals surface area (Å²) >= 11 is 1.43. The predicted octanol–water partition coefficient (Wildman–Crippen LogP) is 3.41. The average Bonchev–Trinajstić information content (AvgIpc) is 2.55. The highest BCUT2D eigenvalue weighted by atomic mass is 32.2. The van der Waals surface area contributed by atoms with E-state index in [1.807, 2.05) is 30.3 Å². The first-order chi connectivity index (χ1) is 11.1. The summed E-state index contributed by atoms with van der Waals surface area (Å²) in [6, 6.07) is 9.91. The van der Waals surface area contributed by atoms with Crippen molar-refractivity contribution in [2.24, 2.45) is 5.92 Å². The van der Waals surface area contributed by atoms with Gasteiger partial charge in [-0.2, -0.15) is 0 Å². The van der Waals surface area contributed by atoms with E-state index < -0.39 is 0 Å². The molecule has 1 aromatic carbocycles. The third-order valence-electron chi connectivity index (χ3n) is 4.19. The molecule has 1 aliphatic carbocycles. The van der Waals surface area contributed by atoms with Crippen LogP contribution in [0.4, 0.5) is 0 Å². The maximum Gasteiger partial charge on any atom is 0.319 e. The van der Waals surface area contributed by atoms with Crippen LogP contribution in [0.3, 0.4) is 0 Å². The quantitative estimate of drug-likeness (QED) is 0.639. The van der Waals surface area contributed by atoms with Crippen LogP contribution < -0.4 is 5.32 Å². The SMILES string of the molecule is C[C@@H]1CCCC[C@@H]1NC(=O)COC(=O)[C@@H](C)Sc1ccccc1. The van der Waals surface area contributed by atoms with Crippen molar-refractivity contribution in [1.29, 1.82) is 0 Å².